The molecule has 1 heterocycles. The molecule has 30 heavy (non-hydrogen) atoms. The molecule has 1 fully saturated rings. The second-order valence-corrected chi connectivity index (χ2v) is 7.83. The molecule has 1 N–H and O–H groups in total. The van der Waals surface area contributed by atoms with E-state index in [1.54, 1.807) is 12.3 Å². The second kappa shape index (κ2) is 8.17. The molecule has 5 rings (SSSR count). The highest BCUT2D eigenvalue weighted by Gasteiger charge is 2.16. The molecule has 0 atom stereocenters. The molecule has 4 aromatic rings. The minimum Gasteiger partial charge on any atom is -0.507 e. The molecule has 150 valence electrons. The van der Waals surface area contributed by atoms with Gasteiger partial charge in [0.25, 0.3) is 0 Å². The monoisotopic (exact) mass is 395 g/mol. The van der Waals surface area contributed by atoms with Crippen LogP contribution in [0.1, 0.15) is 11.1 Å². The Balaban J connectivity index is 1.26. The molecule has 0 amide bonds. The Bertz CT molecular complexity index is 1200. The lowest BCUT2D eigenvalue weighted by Gasteiger charge is -2.33. The van der Waals surface area contributed by atoms with Gasteiger partial charge in [-0.15, -0.1) is 0 Å². The molecule has 0 aliphatic carbocycles. The summed E-state index contributed by atoms with van der Waals surface area (Å²) in [5.41, 5.74) is 2.16. The standard InChI is InChI=1S/C26H25N3O/c30-26-13-12-21-7-2-4-11-24(21)25(26)18-27-29-16-14-28(15-17-29)19-22-9-5-8-20-6-1-3-10-23(20)22/h1-13,18,30H,14-17,19H2. The number of rotatable bonds is 4. The molecule has 0 spiro atoms. The van der Waals surface area contributed by atoms with Gasteiger partial charge in [0.05, 0.1) is 6.21 Å². The Morgan fingerprint density at radius 2 is 1.40 bits per heavy atom. The maximum atomic E-state index is 10.3. The van der Waals surface area contributed by atoms with E-state index in [9.17, 15) is 5.11 Å². The van der Waals surface area contributed by atoms with Gasteiger partial charge in [-0.2, -0.15) is 5.10 Å². The van der Waals surface area contributed by atoms with Crippen LogP contribution in [0.3, 0.4) is 0 Å². The van der Waals surface area contributed by atoms with Gasteiger partial charge >= 0.3 is 0 Å². The molecular formula is C26H25N3O. The number of fused-ring (bicyclic) bond motifs is 2. The zero-order valence-electron chi connectivity index (χ0n) is 16.9. The lowest BCUT2D eigenvalue weighted by Crippen LogP contribution is -2.43. The average molecular weight is 396 g/mol. The molecule has 0 saturated carbocycles. The van der Waals surface area contributed by atoms with Crippen LogP contribution in [0.4, 0.5) is 0 Å². The van der Waals surface area contributed by atoms with E-state index in [1.807, 2.05) is 24.3 Å². The fourth-order valence-electron chi connectivity index (χ4n) is 4.24. The van der Waals surface area contributed by atoms with Crippen molar-refractivity contribution in [1.82, 2.24) is 9.91 Å². The molecule has 0 radical (unpaired) electrons. The van der Waals surface area contributed by atoms with Crippen LogP contribution in [0.2, 0.25) is 0 Å². The topological polar surface area (TPSA) is 39.1 Å². The fraction of sp³-hybridized carbons (Fsp3) is 0.192. The first-order chi connectivity index (χ1) is 14.8. The van der Waals surface area contributed by atoms with E-state index in [-0.39, 0.29) is 5.75 Å². The summed E-state index contributed by atoms with van der Waals surface area (Å²) < 4.78 is 0. The third kappa shape index (κ3) is 3.74. The normalized spacial score (nSPS) is 15.4. The lowest BCUT2D eigenvalue weighted by atomic mass is 10.0. The van der Waals surface area contributed by atoms with Gasteiger partial charge in [-0.3, -0.25) is 9.91 Å². The number of hydrogen-bond acceptors (Lipinski definition) is 4. The third-order valence-electron chi connectivity index (χ3n) is 5.92. The van der Waals surface area contributed by atoms with Crippen LogP contribution in [0, 0.1) is 0 Å². The summed E-state index contributed by atoms with van der Waals surface area (Å²) in [7, 11) is 0. The van der Waals surface area contributed by atoms with Gasteiger partial charge in [0.1, 0.15) is 5.75 Å². The van der Waals surface area contributed by atoms with Crippen molar-refractivity contribution in [3.8, 4) is 5.75 Å². The molecule has 1 aliphatic rings. The van der Waals surface area contributed by atoms with Gasteiger partial charge in [-0.05, 0) is 33.2 Å². The van der Waals surface area contributed by atoms with Crippen molar-refractivity contribution in [2.24, 2.45) is 5.10 Å². The van der Waals surface area contributed by atoms with E-state index >= 15 is 0 Å². The van der Waals surface area contributed by atoms with Crippen LogP contribution in [0.15, 0.2) is 84.0 Å². The maximum absolute atomic E-state index is 10.3. The zero-order valence-corrected chi connectivity index (χ0v) is 16.9. The van der Waals surface area contributed by atoms with Crippen molar-refractivity contribution in [3.63, 3.8) is 0 Å². The van der Waals surface area contributed by atoms with Crippen molar-refractivity contribution >= 4 is 27.8 Å². The van der Waals surface area contributed by atoms with Crippen molar-refractivity contribution in [2.75, 3.05) is 26.2 Å². The van der Waals surface area contributed by atoms with Gasteiger partial charge in [-0.25, -0.2) is 0 Å². The van der Waals surface area contributed by atoms with Gasteiger partial charge < -0.3 is 5.11 Å². The predicted octanol–water partition coefficient (Wildman–Crippen LogP) is 4.85. The Labute approximate surface area is 176 Å². The quantitative estimate of drug-likeness (QED) is 0.502. The number of hydrogen-bond donors (Lipinski definition) is 1. The summed E-state index contributed by atoms with van der Waals surface area (Å²) in [6.07, 6.45) is 1.80. The molecule has 4 heteroatoms. The number of phenols is 1. The van der Waals surface area contributed by atoms with E-state index < -0.39 is 0 Å². The Hall–Kier alpha value is -3.37. The van der Waals surface area contributed by atoms with Crippen LogP contribution >= 0.6 is 0 Å². The highest BCUT2D eigenvalue weighted by Crippen LogP contribution is 2.26. The second-order valence-electron chi connectivity index (χ2n) is 7.83. The van der Waals surface area contributed by atoms with Crippen LogP contribution in [-0.4, -0.2) is 47.4 Å². The number of nitrogens with zero attached hydrogens (tertiary/aromatic N) is 3. The minimum atomic E-state index is 0.270. The first kappa shape index (κ1) is 18.6. The first-order valence-corrected chi connectivity index (χ1v) is 10.5. The van der Waals surface area contributed by atoms with E-state index in [4.69, 9.17) is 0 Å². The van der Waals surface area contributed by atoms with Gasteiger partial charge in [-0.1, -0.05) is 72.8 Å². The molecule has 1 saturated heterocycles. The summed E-state index contributed by atoms with van der Waals surface area (Å²) in [5.74, 6) is 0.270. The van der Waals surface area contributed by atoms with Crippen molar-refractivity contribution in [2.45, 2.75) is 6.54 Å². The SMILES string of the molecule is Oc1ccc2ccccc2c1C=NN1CCN(Cc2cccc3ccccc23)CC1. The van der Waals surface area contributed by atoms with Crippen LogP contribution in [0.5, 0.6) is 5.75 Å². The Kier molecular flexibility index (Phi) is 5.08. The maximum Gasteiger partial charge on any atom is 0.125 e. The predicted molar refractivity (Wildman–Crippen MR) is 124 cm³/mol. The lowest BCUT2D eigenvalue weighted by molar-refractivity contribution is 0.131. The largest absolute Gasteiger partial charge is 0.507 e. The summed E-state index contributed by atoms with van der Waals surface area (Å²) in [6.45, 7) is 4.67. The number of piperazine rings is 1. The third-order valence-corrected chi connectivity index (χ3v) is 5.92. The Morgan fingerprint density at radius 3 is 2.20 bits per heavy atom. The van der Waals surface area contributed by atoms with E-state index in [1.165, 1.54) is 16.3 Å². The van der Waals surface area contributed by atoms with Gasteiger partial charge in [0.15, 0.2) is 0 Å². The summed E-state index contributed by atoms with van der Waals surface area (Å²) >= 11 is 0. The van der Waals surface area contributed by atoms with E-state index in [0.29, 0.717) is 0 Å². The average Bonchev–Trinajstić information content (AvgIpc) is 2.80. The van der Waals surface area contributed by atoms with Crippen molar-refractivity contribution < 1.29 is 5.11 Å². The zero-order chi connectivity index (χ0) is 20.3. The van der Waals surface area contributed by atoms with E-state index in [2.05, 4.69) is 63.5 Å². The summed E-state index contributed by atoms with van der Waals surface area (Å²) in [4.78, 5) is 2.49. The number of aromatic hydroxyl groups is 1. The minimum absolute atomic E-state index is 0.270. The fourth-order valence-corrected chi connectivity index (χ4v) is 4.24. The molecule has 0 unspecified atom stereocenters. The van der Waals surface area contributed by atoms with Crippen molar-refractivity contribution in [1.29, 1.82) is 0 Å². The first-order valence-electron chi connectivity index (χ1n) is 10.5. The van der Waals surface area contributed by atoms with E-state index in [0.717, 1.165) is 49.1 Å². The highest BCUT2D eigenvalue weighted by atomic mass is 16.3. The Morgan fingerprint density at radius 1 is 0.733 bits per heavy atom. The number of phenolic OH excluding ortho intramolecular Hbond substituents is 1. The smallest absolute Gasteiger partial charge is 0.125 e. The summed E-state index contributed by atoms with van der Waals surface area (Å²) in [6, 6.07) is 26.9. The highest BCUT2D eigenvalue weighted by molar-refractivity contribution is 6.02. The molecular weight excluding hydrogens is 370 g/mol. The summed E-state index contributed by atoms with van der Waals surface area (Å²) in [5, 5.41) is 21.9. The number of hydrazone groups is 1. The van der Waals surface area contributed by atoms with Gasteiger partial charge in [0, 0.05) is 38.3 Å². The van der Waals surface area contributed by atoms with Crippen LogP contribution < -0.4 is 0 Å². The molecule has 4 aromatic carbocycles. The molecule has 1 aliphatic heterocycles. The number of benzene rings is 4. The molecule has 0 aromatic heterocycles. The van der Waals surface area contributed by atoms with Crippen LogP contribution in [0.25, 0.3) is 21.5 Å². The van der Waals surface area contributed by atoms with Gasteiger partial charge in [0.2, 0.25) is 0 Å². The molecule has 0 bridgehead atoms. The van der Waals surface area contributed by atoms with Crippen LogP contribution in [-0.2, 0) is 6.54 Å². The molecule has 4 nitrogen and oxygen atoms in total. The van der Waals surface area contributed by atoms with Crippen molar-refractivity contribution in [3.05, 3.63) is 90.0 Å².